The summed E-state index contributed by atoms with van der Waals surface area (Å²) in [6, 6.07) is 5.97. The number of rotatable bonds is 1. The Balaban J connectivity index is 2.39. The van der Waals surface area contributed by atoms with E-state index in [0.29, 0.717) is 5.92 Å². The Morgan fingerprint density at radius 2 is 2.21 bits per heavy atom. The molecule has 0 bridgehead atoms. The number of ether oxygens (including phenoxy) is 1. The molecule has 0 fully saturated rings. The number of hydrogen-bond donors (Lipinski definition) is 1. The first-order chi connectivity index (χ1) is 6.70. The van der Waals surface area contributed by atoms with Gasteiger partial charge in [0, 0.05) is 0 Å². The summed E-state index contributed by atoms with van der Waals surface area (Å²) in [5, 5.41) is 9.90. The highest BCUT2D eigenvalue weighted by atomic mass is 16.5. The van der Waals surface area contributed by atoms with Crippen molar-refractivity contribution in [2.24, 2.45) is 5.92 Å². The Kier molecular flexibility index (Phi) is 2.46. The molecule has 2 nitrogen and oxygen atoms in total. The summed E-state index contributed by atoms with van der Waals surface area (Å²) in [5.41, 5.74) is 2.31. The second kappa shape index (κ2) is 3.62. The molecule has 2 atom stereocenters. The summed E-state index contributed by atoms with van der Waals surface area (Å²) >= 11 is 0. The van der Waals surface area contributed by atoms with E-state index in [4.69, 9.17) is 4.74 Å². The lowest BCUT2D eigenvalue weighted by Crippen LogP contribution is -2.16. The molecule has 1 aliphatic carbocycles. The molecule has 1 aromatic rings. The number of hydrogen-bond acceptors (Lipinski definition) is 2. The van der Waals surface area contributed by atoms with Gasteiger partial charge in [-0.2, -0.15) is 0 Å². The molecular weight excluding hydrogens is 176 g/mol. The second-order valence-corrected chi connectivity index (χ2v) is 4.13. The molecule has 1 aliphatic rings. The van der Waals surface area contributed by atoms with Gasteiger partial charge in [-0.3, -0.25) is 0 Å². The number of methoxy groups -OCH3 is 1. The molecular formula is C12H16O2. The van der Waals surface area contributed by atoms with Crippen LogP contribution in [0.15, 0.2) is 18.2 Å². The quantitative estimate of drug-likeness (QED) is 0.740. The number of aliphatic hydroxyl groups excluding tert-OH is 1. The van der Waals surface area contributed by atoms with Gasteiger partial charge in [0.2, 0.25) is 0 Å². The first-order valence-corrected chi connectivity index (χ1v) is 5.05. The second-order valence-electron chi connectivity index (χ2n) is 4.13. The highest BCUT2D eigenvalue weighted by Gasteiger charge is 2.22. The van der Waals surface area contributed by atoms with Crippen LogP contribution in [-0.2, 0) is 6.42 Å². The van der Waals surface area contributed by atoms with E-state index in [-0.39, 0.29) is 6.10 Å². The van der Waals surface area contributed by atoms with E-state index in [1.165, 1.54) is 5.56 Å². The lowest BCUT2D eigenvalue weighted by atomic mass is 9.83. The molecule has 76 valence electrons. The summed E-state index contributed by atoms with van der Waals surface area (Å²) in [6.07, 6.45) is 1.61. The Morgan fingerprint density at radius 1 is 1.43 bits per heavy atom. The molecule has 0 aliphatic heterocycles. The highest BCUT2D eigenvalue weighted by molar-refractivity contribution is 5.38. The van der Waals surface area contributed by atoms with E-state index in [2.05, 4.69) is 13.0 Å². The normalized spacial score (nSPS) is 25.6. The minimum absolute atomic E-state index is 0.316. The average molecular weight is 192 g/mol. The molecule has 0 saturated heterocycles. The van der Waals surface area contributed by atoms with E-state index >= 15 is 0 Å². The van der Waals surface area contributed by atoms with Crippen molar-refractivity contribution < 1.29 is 9.84 Å². The monoisotopic (exact) mass is 192 g/mol. The SMILES string of the molecule is COc1ccc2c(c1)C(O)CC(C)C2. The standard InChI is InChI=1S/C12H16O2/c1-8-5-9-3-4-10(14-2)7-11(9)12(13)6-8/h3-4,7-8,12-13H,5-6H2,1-2H3. The summed E-state index contributed by atoms with van der Waals surface area (Å²) in [4.78, 5) is 0. The van der Waals surface area contributed by atoms with Crippen molar-refractivity contribution in [1.82, 2.24) is 0 Å². The van der Waals surface area contributed by atoms with Crippen LogP contribution in [0.2, 0.25) is 0 Å². The zero-order chi connectivity index (χ0) is 10.1. The molecule has 14 heavy (non-hydrogen) atoms. The van der Waals surface area contributed by atoms with Gasteiger partial charge in [-0.15, -0.1) is 0 Å². The van der Waals surface area contributed by atoms with Gasteiger partial charge in [0.05, 0.1) is 13.2 Å². The summed E-state index contributed by atoms with van der Waals surface area (Å²) in [5.74, 6) is 1.41. The molecule has 0 saturated carbocycles. The van der Waals surface area contributed by atoms with E-state index in [1.807, 2.05) is 12.1 Å². The smallest absolute Gasteiger partial charge is 0.119 e. The maximum absolute atomic E-state index is 9.90. The van der Waals surface area contributed by atoms with Crippen molar-refractivity contribution in [3.05, 3.63) is 29.3 Å². The molecule has 1 N–H and O–H groups in total. The summed E-state index contributed by atoms with van der Waals surface area (Å²) < 4.78 is 5.14. The van der Waals surface area contributed by atoms with Gasteiger partial charge in [0.15, 0.2) is 0 Å². The maximum atomic E-state index is 9.90. The average Bonchev–Trinajstić information content (AvgIpc) is 2.17. The van der Waals surface area contributed by atoms with Crippen LogP contribution in [-0.4, -0.2) is 12.2 Å². The minimum atomic E-state index is -0.316. The third-order valence-corrected chi connectivity index (χ3v) is 2.91. The fourth-order valence-electron chi connectivity index (χ4n) is 2.16. The molecule has 2 heteroatoms. The molecule has 0 radical (unpaired) electrons. The zero-order valence-electron chi connectivity index (χ0n) is 8.66. The lowest BCUT2D eigenvalue weighted by molar-refractivity contribution is 0.136. The summed E-state index contributed by atoms with van der Waals surface area (Å²) in [6.45, 7) is 2.18. The lowest BCUT2D eigenvalue weighted by Gasteiger charge is -2.26. The van der Waals surface area contributed by atoms with Gasteiger partial charge >= 0.3 is 0 Å². The Morgan fingerprint density at radius 3 is 2.93 bits per heavy atom. The first-order valence-electron chi connectivity index (χ1n) is 5.05. The third kappa shape index (κ3) is 1.62. The van der Waals surface area contributed by atoms with Crippen LogP contribution in [0.25, 0.3) is 0 Å². The molecule has 1 aromatic carbocycles. The van der Waals surface area contributed by atoms with Crippen LogP contribution in [0, 0.1) is 5.92 Å². The van der Waals surface area contributed by atoms with Crippen LogP contribution in [0.3, 0.4) is 0 Å². The minimum Gasteiger partial charge on any atom is -0.497 e. The van der Waals surface area contributed by atoms with Crippen molar-refractivity contribution in [3.8, 4) is 5.75 Å². The Labute approximate surface area is 84.5 Å². The van der Waals surface area contributed by atoms with Crippen molar-refractivity contribution >= 4 is 0 Å². The van der Waals surface area contributed by atoms with Crippen molar-refractivity contribution in [2.75, 3.05) is 7.11 Å². The van der Waals surface area contributed by atoms with Gasteiger partial charge in [-0.1, -0.05) is 13.0 Å². The number of aliphatic hydroxyl groups is 1. The molecule has 0 heterocycles. The van der Waals surface area contributed by atoms with E-state index in [0.717, 1.165) is 24.2 Å². The first kappa shape index (κ1) is 9.53. The molecule has 2 unspecified atom stereocenters. The van der Waals surface area contributed by atoms with E-state index in [1.54, 1.807) is 7.11 Å². The largest absolute Gasteiger partial charge is 0.497 e. The molecule has 0 spiro atoms. The van der Waals surface area contributed by atoms with Gasteiger partial charge in [0.1, 0.15) is 5.75 Å². The predicted octanol–water partition coefficient (Wildman–Crippen LogP) is 2.31. The van der Waals surface area contributed by atoms with Crippen molar-refractivity contribution in [2.45, 2.75) is 25.9 Å². The van der Waals surface area contributed by atoms with Crippen LogP contribution in [0.5, 0.6) is 5.75 Å². The van der Waals surface area contributed by atoms with Crippen LogP contribution in [0.4, 0.5) is 0 Å². The number of fused-ring (bicyclic) bond motifs is 1. The van der Waals surface area contributed by atoms with E-state index in [9.17, 15) is 5.11 Å². The third-order valence-electron chi connectivity index (χ3n) is 2.91. The molecule has 2 rings (SSSR count). The molecule has 0 amide bonds. The van der Waals surface area contributed by atoms with Crippen LogP contribution < -0.4 is 4.74 Å². The zero-order valence-corrected chi connectivity index (χ0v) is 8.66. The predicted molar refractivity (Wildman–Crippen MR) is 55.4 cm³/mol. The topological polar surface area (TPSA) is 29.5 Å². The fourth-order valence-corrected chi connectivity index (χ4v) is 2.16. The van der Waals surface area contributed by atoms with Crippen LogP contribution in [0.1, 0.15) is 30.6 Å². The van der Waals surface area contributed by atoms with Gasteiger partial charge in [-0.05, 0) is 42.0 Å². The van der Waals surface area contributed by atoms with Gasteiger partial charge in [-0.25, -0.2) is 0 Å². The summed E-state index contributed by atoms with van der Waals surface area (Å²) in [7, 11) is 1.65. The van der Waals surface area contributed by atoms with Gasteiger partial charge < -0.3 is 9.84 Å². The van der Waals surface area contributed by atoms with E-state index < -0.39 is 0 Å². The number of benzene rings is 1. The molecule has 0 aromatic heterocycles. The highest BCUT2D eigenvalue weighted by Crippen LogP contribution is 2.34. The van der Waals surface area contributed by atoms with Crippen molar-refractivity contribution in [1.29, 1.82) is 0 Å². The van der Waals surface area contributed by atoms with Crippen LogP contribution >= 0.6 is 0 Å². The van der Waals surface area contributed by atoms with Crippen molar-refractivity contribution in [3.63, 3.8) is 0 Å². The Hall–Kier alpha value is -1.02. The Bertz CT molecular complexity index is 333. The van der Waals surface area contributed by atoms with Gasteiger partial charge in [0.25, 0.3) is 0 Å². The maximum Gasteiger partial charge on any atom is 0.119 e. The fraction of sp³-hybridized carbons (Fsp3) is 0.500.